The molecule has 28 heavy (non-hydrogen) atoms. The maximum Gasteiger partial charge on any atom is 0.339 e. The Balaban J connectivity index is 1.81. The van der Waals surface area contributed by atoms with Gasteiger partial charge in [0.2, 0.25) is 0 Å². The molecule has 0 aliphatic rings. The summed E-state index contributed by atoms with van der Waals surface area (Å²) in [6.07, 6.45) is 0.455. The number of aryl methyl sites for hydroxylation is 2. The summed E-state index contributed by atoms with van der Waals surface area (Å²) >= 11 is 0. The highest BCUT2D eigenvalue weighted by Crippen LogP contribution is 2.25. The Kier molecular flexibility index (Phi) is 6.14. The molecule has 0 amide bonds. The fraction of sp³-hybridized carbons (Fsp3) is 0.304. The maximum absolute atomic E-state index is 12.4. The first-order valence-corrected chi connectivity index (χ1v) is 9.39. The van der Waals surface area contributed by atoms with Gasteiger partial charge in [0, 0.05) is 23.4 Å². The van der Waals surface area contributed by atoms with E-state index < -0.39 is 5.63 Å². The molecule has 0 saturated heterocycles. The smallest absolute Gasteiger partial charge is 0.339 e. The van der Waals surface area contributed by atoms with Crippen LogP contribution in [-0.4, -0.2) is 12.6 Å². The van der Waals surface area contributed by atoms with E-state index in [4.69, 9.17) is 13.9 Å². The van der Waals surface area contributed by atoms with Gasteiger partial charge in [-0.3, -0.25) is 4.79 Å². The van der Waals surface area contributed by atoms with Crippen molar-refractivity contribution in [2.75, 3.05) is 6.61 Å². The molecule has 3 aromatic rings. The molecule has 0 saturated carbocycles. The van der Waals surface area contributed by atoms with Crippen LogP contribution in [0.5, 0.6) is 5.75 Å². The molecular weight excluding hydrogens is 356 g/mol. The molecule has 5 nitrogen and oxygen atoms in total. The normalized spacial score (nSPS) is 10.8. The molecule has 5 heteroatoms. The number of ether oxygens (including phenoxy) is 2. The molecule has 1 heterocycles. The largest absolute Gasteiger partial charge is 0.489 e. The monoisotopic (exact) mass is 380 g/mol. The zero-order chi connectivity index (χ0) is 20.1. The lowest BCUT2D eigenvalue weighted by Crippen LogP contribution is -2.13. The van der Waals surface area contributed by atoms with Crippen molar-refractivity contribution >= 4 is 16.9 Å². The number of rotatable bonds is 7. The van der Waals surface area contributed by atoms with E-state index in [1.165, 1.54) is 0 Å². The van der Waals surface area contributed by atoms with Crippen LogP contribution < -0.4 is 10.4 Å². The zero-order valence-electron chi connectivity index (χ0n) is 16.4. The van der Waals surface area contributed by atoms with Gasteiger partial charge in [-0.1, -0.05) is 24.3 Å². The lowest BCUT2D eigenvalue weighted by Gasteiger charge is -2.11. The number of carbonyl (C=O) groups excluding carboxylic acids is 1. The fourth-order valence-corrected chi connectivity index (χ4v) is 3.15. The molecule has 0 aliphatic heterocycles. The van der Waals surface area contributed by atoms with Crippen LogP contribution in [-0.2, 0) is 22.6 Å². The SMILES string of the molecule is CCOC(=O)CCc1c(C)c2ccc(OCc3ccccc3C)cc2oc1=O. The third-order valence-electron chi connectivity index (χ3n) is 4.80. The number of esters is 1. The van der Waals surface area contributed by atoms with Gasteiger partial charge >= 0.3 is 11.6 Å². The van der Waals surface area contributed by atoms with Crippen molar-refractivity contribution in [1.29, 1.82) is 0 Å². The molecular formula is C23H24O5. The van der Waals surface area contributed by atoms with E-state index in [-0.39, 0.29) is 12.4 Å². The summed E-state index contributed by atoms with van der Waals surface area (Å²) in [7, 11) is 0. The Bertz CT molecular complexity index is 1050. The number of benzene rings is 2. The summed E-state index contributed by atoms with van der Waals surface area (Å²) in [5, 5.41) is 0.835. The highest BCUT2D eigenvalue weighted by Gasteiger charge is 2.14. The molecule has 1 aromatic heterocycles. The first-order valence-electron chi connectivity index (χ1n) is 9.39. The molecule has 0 spiro atoms. The Morgan fingerprint density at radius 1 is 1.11 bits per heavy atom. The standard InChI is InChI=1S/C23H24O5/c1-4-26-22(24)12-11-20-16(3)19-10-9-18(13-21(19)28-23(20)25)27-14-17-8-6-5-7-15(17)2/h5-10,13H,4,11-12,14H2,1-3H3. The number of hydrogen-bond acceptors (Lipinski definition) is 5. The summed E-state index contributed by atoms with van der Waals surface area (Å²) < 4.78 is 16.3. The average Bonchev–Trinajstić information content (AvgIpc) is 2.67. The molecule has 0 N–H and O–H groups in total. The van der Waals surface area contributed by atoms with Crippen LogP contribution in [0.1, 0.15) is 35.6 Å². The third-order valence-corrected chi connectivity index (χ3v) is 4.80. The second-order valence-electron chi connectivity index (χ2n) is 6.67. The Morgan fingerprint density at radius 3 is 2.64 bits per heavy atom. The summed E-state index contributed by atoms with van der Waals surface area (Å²) in [5.74, 6) is 0.318. The van der Waals surface area contributed by atoms with Gasteiger partial charge in [0.05, 0.1) is 6.61 Å². The Morgan fingerprint density at radius 2 is 1.89 bits per heavy atom. The van der Waals surface area contributed by atoms with Crippen molar-refractivity contribution in [2.24, 2.45) is 0 Å². The van der Waals surface area contributed by atoms with E-state index >= 15 is 0 Å². The van der Waals surface area contributed by atoms with E-state index in [0.29, 0.717) is 36.5 Å². The number of fused-ring (bicyclic) bond motifs is 1. The topological polar surface area (TPSA) is 65.7 Å². The van der Waals surface area contributed by atoms with E-state index in [1.54, 1.807) is 13.0 Å². The Hall–Kier alpha value is -3.08. The molecule has 3 rings (SSSR count). The molecule has 0 aliphatic carbocycles. The summed E-state index contributed by atoms with van der Waals surface area (Å²) in [4.78, 5) is 24.0. The van der Waals surface area contributed by atoms with Crippen molar-refractivity contribution in [2.45, 2.75) is 40.2 Å². The predicted molar refractivity (Wildman–Crippen MR) is 108 cm³/mol. The van der Waals surface area contributed by atoms with Crippen LogP contribution in [0.2, 0.25) is 0 Å². The highest BCUT2D eigenvalue weighted by atomic mass is 16.5. The van der Waals surface area contributed by atoms with Gasteiger partial charge in [-0.15, -0.1) is 0 Å². The van der Waals surface area contributed by atoms with Gasteiger partial charge < -0.3 is 13.9 Å². The van der Waals surface area contributed by atoms with Gasteiger partial charge in [0.1, 0.15) is 17.9 Å². The minimum absolute atomic E-state index is 0.155. The van der Waals surface area contributed by atoms with Crippen LogP contribution in [0, 0.1) is 13.8 Å². The third kappa shape index (κ3) is 4.42. The summed E-state index contributed by atoms with van der Waals surface area (Å²) in [5.41, 5.74) is 3.65. The highest BCUT2D eigenvalue weighted by molar-refractivity contribution is 5.82. The van der Waals surface area contributed by atoms with E-state index in [1.807, 2.05) is 50.2 Å². The Labute approximate surface area is 163 Å². The van der Waals surface area contributed by atoms with Crippen molar-refractivity contribution in [3.63, 3.8) is 0 Å². The summed E-state index contributed by atoms with van der Waals surface area (Å²) in [6.45, 7) is 6.44. The van der Waals surface area contributed by atoms with Crippen molar-refractivity contribution < 1.29 is 18.7 Å². The van der Waals surface area contributed by atoms with Crippen LogP contribution in [0.15, 0.2) is 51.7 Å². The molecule has 2 aromatic carbocycles. The van der Waals surface area contributed by atoms with Gasteiger partial charge in [-0.05, 0) is 56.0 Å². The second-order valence-corrected chi connectivity index (χ2v) is 6.67. The quantitative estimate of drug-likeness (QED) is 0.446. The minimum atomic E-state index is -0.426. The molecule has 0 fully saturated rings. The zero-order valence-corrected chi connectivity index (χ0v) is 16.4. The van der Waals surface area contributed by atoms with Crippen molar-refractivity contribution in [1.82, 2.24) is 0 Å². The second kappa shape index (κ2) is 8.74. The number of hydrogen-bond donors (Lipinski definition) is 0. The first-order chi connectivity index (χ1) is 13.5. The van der Waals surface area contributed by atoms with Crippen molar-refractivity contribution in [3.05, 3.63) is 75.1 Å². The predicted octanol–water partition coefficient (Wildman–Crippen LogP) is 4.48. The minimum Gasteiger partial charge on any atom is -0.489 e. The van der Waals surface area contributed by atoms with E-state index in [9.17, 15) is 9.59 Å². The van der Waals surface area contributed by atoms with Gasteiger partial charge in [0.15, 0.2) is 0 Å². The average molecular weight is 380 g/mol. The number of carbonyl (C=O) groups is 1. The maximum atomic E-state index is 12.4. The lowest BCUT2D eigenvalue weighted by molar-refractivity contribution is -0.143. The lowest BCUT2D eigenvalue weighted by atomic mass is 10.0. The molecule has 0 atom stereocenters. The van der Waals surface area contributed by atoms with Gasteiger partial charge in [-0.25, -0.2) is 4.79 Å². The molecule has 0 unspecified atom stereocenters. The van der Waals surface area contributed by atoms with E-state index in [0.717, 1.165) is 22.1 Å². The van der Waals surface area contributed by atoms with E-state index in [2.05, 4.69) is 0 Å². The fourth-order valence-electron chi connectivity index (χ4n) is 3.15. The summed E-state index contributed by atoms with van der Waals surface area (Å²) in [6, 6.07) is 13.5. The first kappa shape index (κ1) is 19.7. The van der Waals surface area contributed by atoms with Gasteiger partial charge in [-0.2, -0.15) is 0 Å². The van der Waals surface area contributed by atoms with Gasteiger partial charge in [0.25, 0.3) is 0 Å². The molecule has 0 bridgehead atoms. The van der Waals surface area contributed by atoms with Crippen LogP contribution in [0.4, 0.5) is 0 Å². The molecule has 146 valence electrons. The van der Waals surface area contributed by atoms with Crippen LogP contribution >= 0.6 is 0 Å². The molecule has 0 radical (unpaired) electrons. The van der Waals surface area contributed by atoms with Crippen molar-refractivity contribution in [3.8, 4) is 5.75 Å². The van der Waals surface area contributed by atoms with Crippen LogP contribution in [0.25, 0.3) is 11.0 Å². The van der Waals surface area contributed by atoms with Crippen LogP contribution in [0.3, 0.4) is 0 Å².